The van der Waals surface area contributed by atoms with Crippen molar-refractivity contribution in [3.63, 3.8) is 0 Å². The molecule has 3 heteroatoms. The van der Waals surface area contributed by atoms with E-state index in [4.69, 9.17) is 23.2 Å². The molecule has 1 aromatic carbocycles. The van der Waals surface area contributed by atoms with Crippen molar-refractivity contribution in [2.24, 2.45) is 0 Å². The van der Waals surface area contributed by atoms with Gasteiger partial charge in [-0.15, -0.1) is 11.8 Å². The second-order valence-electron chi connectivity index (χ2n) is 2.42. The van der Waals surface area contributed by atoms with E-state index in [2.05, 4.69) is 6.92 Å². The lowest BCUT2D eigenvalue weighted by molar-refractivity contribution is 1.10. The second-order valence-corrected chi connectivity index (χ2v) is 4.40. The Balaban J connectivity index is 2.72. The lowest BCUT2D eigenvalue weighted by atomic mass is 10.4. The SMILES string of the molecule is CCCSc1ccc(Cl)cc1Cl. The first-order valence-electron chi connectivity index (χ1n) is 3.82. The van der Waals surface area contributed by atoms with Gasteiger partial charge in [0.25, 0.3) is 0 Å². The average Bonchev–Trinajstić information content (AvgIpc) is 2.03. The van der Waals surface area contributed by atoms with Crippen LogP contribution in [0.5, 0.6) is 0 Å². The smallest absolute Gasteiger partial charge is 0.0556 e. The normalized spacial score (nSPS) is 10.2. The van der Waals surface area contributed by atoms with Crippen molar-refractivity contribution in [1.82, 2.24) is 0 Å². The van der Waals surface area contributed by atoms with Crippen LogP contribution < -0.4 is 0 Å². The maximum Gasteiger partial charge on any atom is 0.0556 e. The van der Waals surface area contributed by atoms with Gasteiger partial charge in [-0.1, -0.05) is 30.1 Å². The standard InChI is InChI=1S/C9H10Cl2S/c1-2-5-12-9-4-3-7(10)6-8(9)11/h3-4,6H,2,5H2,1H3. The molecule has 0 radical (unpaired) electrons. The molecule has 66 valence electrons. The predicted octanol–water partition coefficient (Wildman–Crippen LogP) is 4.50. The van der Waals surface area contributed by atoms with Gasteiger partial charge >= 0.3 is 0 Å². The first-order valence-corrected chi connectivity index (χ1v) is 5.56. The topological polar surface area (TPSA) is 0 Å². The largest absolute Gasteiger partial charge is 0.125 e. The monoisotopic (exact) mass is 220 g/mol. The Morgan fingerprint density at radius 1 is 1.33 bits per heavy atom. The van der Waals surface area contributed by atoms with Crippen LogP contribution in [0.25, 0.3) is 0 Å². The third-order valence-corrected chi connectivity index (χ3v) is 3.29. The highest BCUT2D eigenvalue weighted by Crippen LogP contribution is 2.29. The van der Waals surface area contributed by atoms with E-state index in [-0.39, 0.29) is 0 Å². The molecule has 0 unspecified atom stereocenters. The summed E-state index contributed by atoms with van der Waals surface area (Å²) in [6, 6.07) is 5.61. The molecule has 0 saturated carbocycles. The minimum Gasteiger partial charge on any atom is -0.125 e. The minimum atomic E-state index is 0.695. The maximum atomic E-state index is 5.96. The summed E-state index contributed by atoms with van der Waals surface area (Å²) >= 11 is 13.5. The summed E-state index contributed by atoms with van der Waals surface area (Å²) in [6.45, 7) is 2.15. The van der Waals surface area contributed by atoms with Gasteiger partial charge in [0.15, 0.2) is 0 Å². The summed E-state index contributed by atoms with van der Waals surface area (Å²) in [5.74, 6) is 1.10. The van der Waals surface area contributed by atoms with Crippen molar-refractivity contribution < 1.29 is 0 Å². The van der Waals surface area contributed by atoms with Crippen molar-refractivity contribution in [3.05, 3.63) is 28.2 Å². The van der Waals surface area contributed by atoms with E-state index in [1.807, 2.05) is 12.1 Å². The van der Waals surface area contributed by atoms with Gasteiger partial charge in [-0.3, -0.25) is 0 Å². The number of thioether (sulfide) groups is 1. The fourth-order valence-electron chi connectivity index (χ4n) is 0.804. The highest BCUT2D eigenvalue weighted by molar-refractivity contribution is 7.99. The van der Waals surface area contributed by atoms with Crippen LogP contribution in [-0.4, -0.2) is 5.75 Å². The summed E-state index contributed by atoms with van der Waals surface area (Å²) < 4.78 is 0. The molecular formula is C9H10Cl2S. The fourth-order valence-corrected chi connectivity index (χ4v) is 2.16. The summed E-state index contributed by atoms with van der Waals surface area (Å²) in [5.41, 5.74) is 0. The van der Waals surface area contributed by atoms with E-state index in [9.17, 15) is 0 Å². The lowest BCUT2D eigenvalue weighted by Gasteiger charge is -2.02. The van der Waals surface area contributed by atoms with E-state index in [1.165, 1.54) is 0 Å². The Morgan fingerprint density at radius 3 is 2.67 bits per heavy atom. The summed E-state index contributed by atoms with van der Waals surface area (Å²) in [4.78, 5) is 1.11. The molecule has 0 bridgehead atoms. The summed E-state index contributed by atoms with van der Waals surface area (Å²) in [5, 5.41) is 1.45. The molecular weight excluding hydrogens is 211 g/mol. The molecule has 0 saturated heterocycles. The number of hydrogen-bond acceptors (Lipinski definition) is 1. The molecule has 0 aromatic heterocycles. The van der Waals surface area contributed by atoms with Crippen LogP contribution in [0.2, 0.25) is 10.0 Å². The highest BCUT2D eigenvalue weighted by Gasteiger charge is 2.00. The maximum absolute atomic E-state index is 5.96. The summed E-state index contributed by atoms with van der Waals surface area (Å²) in [6.07, 6.45) is 1.16. The zero-order chi connectivity index (χ0) is 8.97. The van der Waals surface area contributed by atoms with Gasteiger partial charge in [0.1, 0.15) is 0 Å². The minimum absolute atomic E-state index is 0.695. The Labute approximate surface area is 87.3 Å². The fraction of sp³-hybridized carbons (Fsp3) is 0.333. The number of benzene rings is 1. The number of halogens is 2. The first kappa shape index (κ1) is 10.2. The molecule has 0 nitrogen and oxygen atoms in total. The molecule has 0 amide bonds. The van der Waals surface area contributed by atoms with Gasteiger partial charge in [-0.25, -0.2) is 0 Å². The predicted molar refractivity (Wildman–Crippen MR) is 57.5 cm³/mol. The molecule has 0 spiro atoms. The molecule has 12 heavy (non-hydrogen) atoms. The zero-order valence-corrected chi connectivity index (χ0v) is 9.14. The Kier molecular flexibility index (Phi) is 4.27. The molecule has 1 rings (SSSR count). The molecule has 0 aliphatic carbocycles. The Hall–Kier alpha value is 0.150. The van der Waals surface area contributed by atoms with Gasteiger partial charge in [0, 0.05) is 9.92 Å². The third kappa shape index (κ3) is 2.89. The molecule has 0 heterocycles. The quantitative estimate of drug-likeness (QED) is 0.677. The van der Waals surface area contributed by atoms with E-state index in [0.717, 1.165) is 22.1 Å². The lowest BCUT2D eigenvalue weighted by Crippen LogP contribution is -1.77. The van der Waals surface area contributed by atoms with Crippen molar-refractivity contribution in [1.29, 1.82) is 0 Å². The van der Waals surface area contributed by atoms with Crippen LogP contribution in [0.3, 0.4) is 0 Å². The molecule has 0 aliphatic heterocycles. The van der Waals surface area contributed by atoms with Crippen LogP contribution in [-0.2, 0) is 0 Å². The molecule has 0 atom stereocenters. The van der Waals surface area contributed by atoms with Gasteiger partial charge < -0.3 is 0 Å². The van der Waals surface area contributed by atoms with Gasteiger partial charge in [-0.2, -0.15) is 0 Å². The molecule has 1 aromatic rings. The average molecular weight is 221 g/mol. The molecule has 0 fully saturated rings. The Bertz CT molecular complexity index is 261. The van der Waals surface area contributed by atoms with Crippen LogP contribution in [0.15, 0.2) is 23.1 Å². The van der Waals surface area contributed by atoms with E-state index in [0.29, 0.717) is 5.02 Å². The van der Waals surface area contributed by atoms with E-state index < -0.39 is 0 Å². The van der Waals surface area contributed by atoms with Gasteiger partial charge in [-0.05, 0) is 30.4 Å². The number of rotatable bonds is 3. The van der Waals surface area contributed by atoms with Crippen molar-refractivity contribution in [2.75, 3.05) is 5.75 Å². The van der Waals surface area contributed by atoms with Gasteiger partial charge in [0.05, 0.1) is 5.02 Å². The Morgan fingerprint density at radius 2 is 2.08 bits per heavy atom. The van der Waals surface area contributed by atoms with Crippen LogP contribution >= 0.6 is 35.0 Å². The van der Waals surface area contributed by atoms with Gasteiger partial charge in [0.2, 0.25) is 0 Å². The highest BCUT2D eigenvalue weighted by atomic mass is 35.5. The van der Waals surface area contributed by atoms with Crippen LogP contribution in [0.1, 0.15) is 13.3 Å². The number of hydrogen-bond donors (Lipinski definition) is 0. The molecule has 0 aliphatic rings. The van der Waals surface area contributed by atoms with Crippen molar-refractivity contribution >= 4 is 35.0 Å². The van der Waals surface area contributed by atoms with E-state index in [1.54, 1.807) is 17.8 Å². The zero-order valence-electron chi connectivity index (χ0n) is 6.81. The van der Waals surface area contributed by atoms with Crippen LogP contribution in [0, 0.1) is 0 Å². The molecule has 0 N–H and O–H groups in total. The van der Waals surface area contributed by atoms with Crippen molar-refractivity contribution in [3.8, 4) is 0 Å². The first-order chi connectivity index (χ1) is 5.74. The third-order valence-electron chi connectivity index (χ3n) is 1.36. The van der Waals surface area contributed by atoms with Crippen molar-refractivity contribution in [2.45, 2.75) is 18.2 Å². The van der Waals surface area contributed by atoms with Crippen LogP contribution in [0.4, 0.5) is 0 Å². The second kappa shape index (κ2) is 5.00. The summed E-state index contributed by atoms with van der Waals surface area (Å²) in [7, 11) is 0. The van der Waals surface area contributed by atoms with E-state index >= 15 is 0 Å².